The smallest absolute Gasteiger partial charge is 0.262 e. The van der Waals surface area contributed by atoms with Crippen molar-refractivity contribution in [3.8, 4) is 0 Å². The van der Waals surface area contributed by atoms with E-state index in [0.717, 1.165) is 22.3 Å². The van der Waals surface area contributed by atoms with Gasteiger partial charge in [-0.1, -0.05) is 39.0 Å². The molecule has 3 nitrogen and oxygen atoms in total. The van der Waals surface area contributed by atoms with Crippen LogP contribution < -0.4 is 4.72 Å². The van der Waals surface area contributed by atoms with Crippen LogP contribution in [0.4, 0.5) is 5.69 Å². The van der Waals surface area contributed by atoms with Gasteiger partial charge >= 0.3 is 0 Å². The molecule has 124 valence electrons. The quantitative estimate of drug-likeness (QED) is 0.885. The largest absolute Gasteiger partial charge is 0.280 e. The second kappa shape index (κ2) is 6.00. The van der Waals surface area contributed by atoms with Crippen LogP contribution in [0.3, 0.4) is 0 Å². The molecule has 4 heteroatoms. The number of rotatable bonds is 3. The van der Waals surface area contributed by atoms with Crippen LogP contribution in [0, 0.1) is 20.8 Å². The first kappa shape index (κ1) is 17.5. The Bertz CT molecular complexity index is 811. The second-order valence-electron chi connectivity index (χ2n) is 7.21. The van der Waals surface area contributed by atoms with Gasteiger partial charge < -0.3 is 0 Å². The average Bonchev–Trinajstić information content (AvgIpc) is 2.35. The lowest BCUT2D eigenvalue weighted by Crippen LogP contribution is -2.17. The van der Waals surface area contributed by atoms with Crippen LogP contribution >= 0.6 is 0 Å². The van der Waals surface area contributed by atoms with Crippen LogP contribution in [0.1, 0.15) is 43.0 Å². The standard InChI is InChI=1S/C19H25NO2S/c1-13-9-14(2)11-17(10-13)20-23(21,22)18-12-16(19(4,5)6)8-7-15(18)3/h7-12,20H,1-6H3. The van der Waals surface area contributed by atoms with E-state index in [1.165, 1.54) is 0 Å². The number of anilines is 1. The number of nitrogens with one attached hydrogen (secondary N) is 1. The van der Waals surface area contributed by atoms with Crippen molar-refractivity contribution in [2.45, 2.75) is 51.9 Å². The molecule has 2 aromatic carbocycles. The fraction of sp³-hybridized carbons (Fsp3) is 0.368. The molecule has 0 fully saturated rings. The van der Waals surface area contributed by atoms with Crippen LogP contribution in [0.2, 0.25) is 0 Å². The van der Waals surface area contributed by atoms with Crippen molar-refractivity contribution < 1.29 is 8.42 Å². The zero-order valence-electron chi connectivity index (χ0n) is 14.7. The maximum Gasteiger partial charge on any atom is 0.262 e. The van der Waals surface area contributed by atoms with E-state index in [2.05, 4.69) is 25.5 Å². The minimum Gasteiger partial charge on any atom is -0.280 e. The van der Waals surface area contributed by atoms with Gasteiger partial charge in [-0.3, -0.25) is 4.72 Å². The van der Waals surface area contributed by atoms with Crippen molar-refractivity contribution in [2.24, 2.45) is 0 Å². The van der Waals surface area contributed by atoms with E-state index in [1.54, 1.807) is 6.07 Å². The van der Waals surface area contributed by atoms with Crippen molar-refractivity contribution >= 4 is 15.7 Å². The molecule has 0 saturated heterocycles. The van der Waals surface area contributed by atoms with Crippen LogP contribution in [0.5, 0.6) is 0 Å². The fourth-order valence-corrected chi connectivity index (χ4v) is 3.91. The highest BCUT2D eigenvalue weighted by atomic mass is 32.2. The maximum absolute atomic E-state index is 12.8. The summed E-state index contributed by atoms with van der Waals surface area (Å²) in [5.41, 5.74) is 4.31. The third-order valence-corrected chi connectivity index (χ3v) is 5.34. The lowest BCUT2D eigenvalue weighted by atomic mass is 9.87. The molecule has 2 rings (SSSR count). The average molecular weight is 331 g/mol. The van der Waals surface area contributed by atoms with Gasteiger partial charge in [-0.05, 0) is 66.6 Å². The first-order chi connectivity index (χ1) is 10.5. The highest BCUT2D eigenvalue weighted by Crippen LogP contribution is 2.28. The summed E-state index contributed by atoms with van der Waals surface area (Å²) < 4.78 is 28.3. The third-order valence-electron chi connectivity index (χ3n) is 3.82. The lowest BCUT2D eigenvalue weighted by Gasteiger charge is -2.21. The van der Waals surface area contributed by atoms with E-state index in [1.807, 2.05) is 51.1 Å². The normalized spacial score (nSPS) is 12.3. The summed E-state index contributed by atoms with van der Waals surface area (Å²) >= 11 is 0. The van der Waals surface area contributed by atoms with E-state index < -0.39 is 10.0 Å². The van der Waals surface area contributed by atoms with Gasteiger partial charge in [0.2, 0.25) is 0 Å². The Labute approximate surface area is 139 Å². The molecule has 0 aromatic heterocycles. The molecule has 0 unspecified atom stereocenters. The highest BCUT2D eigenvalue weighted by molar-refractivity contribution is 7.92. The summed E-state index contributed by atoms with van der Waals surface area (Å²) in [7, 11) is -3.61. The summed E-state index contributed by atoms with van der Waals surface area (Å²) in [5, 5.41) is 0. The Balaban J connectivity index is 2.47. The molecule has 0 spiro atoms. The number of sulfonamides is 1. The predicted molar refractivity (Wildman–Crippen MR) is 96.6 cm³/mol. The Kier molecular flexibility index (Phi) is 4.58. The van der Waals surface area contributed by atoms with E-state index in [4.69, 9.17) is 0 Å². The van der Waals surface area contributed by atoms with Crippen molar-refractivity contribution in [3.63, 3.8) is 0 Å². The number of benzene rings is 2. The molecule has 0 bridgehead atoms. The van der Waals surface area contributed by atoms with Crippen molar-refractivity contribution in [1.29, 1.82) is 0 Å². The minimum absolute atomic E-state index is 0.0993. The number of hydrogen-bond acceptors (Lipinski definition) is 2. The lowest BCUT2D eigenvalue weighted by molar-refractivity contribution is 0.584. The van der Waals surface area contributed by atoms with Gasteiger partial charge in [0.1, 0.15) is 0 Å². The predicted octanol–water partition coefficient (Wildman–Crippen LogP) is 4.71. The molecular formula is C19H25NO2S. The Morgan fingerprint density at radius 2 is 1.43 bits per heavy atom. The molecule has 0 aliphatic heterocycles. The van der Waals surface area contributed by atoms with Gasteiger partial charge in [0.25, 0.3) is 10.0 Å². The Morgan fingerprint density at radius 1 is 0.870 bits per heavy atom. The zero-order chi connectivity index (χ0) is 17.4. The van der Waals surface area contributed by atoms with Crippen LogP contribution in [-0.4, -0.2) is 8.42 Å². The molecule has 1 N–H and O–H groups in total. The van der Waals surface area contributed by atoms with Crippen LogP contribution in [-0.2, 0) is 15.4 Å². The summed E-state index contributed by atoms with van der Waals surface area (Å²) in [6.07, 6.45) is 0. The number of aryl methyl sites for hydroxylation is 3. The topological polar surface area (TPSA) is 46.2 Å². The number of hydrogen-bond donors (Lipinski definition) is 1. The van der Waals surface area contributed by atoms with E-state index in [0.29, 0.717) is 10.6 Å². The van der Waals surface area contributed by atoms with Gasteiger partial charge in [-0.25, -0.2) is 8.42 Å². The summed E-state index contributed by atoms with van der Waals surface area (Å²) in [4.78, 5) is 0.337. The first-order valence-corrected chi connectivity index (χ1v) is 9.19. The molecular weight excluding hydrogens is 306 g/mol. The monoisotopic (exact) mass is 331 g/mol. The molecule has 23 heavy (non-hydrogen) atoms. The summed E-state index contributed by atoms with van der Waals surface area (Å²) in [6.45, 7) is 12.0. The molecule has 0 atom stereocenters. The van der Waals surface area contributed by atoms with E-state index in [-0.39, 0.29) is 5.41 Å². The van der Waals surface area contributed by atoms with Gasteiger partial charge in [-0.2, -0.15) is 0 Å². The molecule has 0 saturated carbocycles. The molecule has 2 aromatic rings. The minimum atomic E-state index is -3.61. The van der Waals surface area contributed by atoms with Gasteiger partial charge in [0.05, 0.1) is 4.90 Å². The van der Waals surface area contributed by atoms with Crippen molar-refractivity contribution in [1.82, 2.24) is 0 Å². The summed E-state index contributed by atoms with van der Waals surface area (Å²) in [5.74, 6) is 0. The third kappa shape index (κ3) is 4.14. The summed E-state index contributed by atoms with van der Waals surface area (Å²) in [6, 6.07) is 11.3. The van der Waals surface area contributed by atoms with E-state index >= 15 is 0 Å². The Morgan fingerprint density at radius 3 is 1.96 bits per heavy atom. The second-order valence-corrected chi connectivity index (χ2v) is 8.86. The van der Waals surface area contributed by atoms with Crippen LogP contribution in [0.15, 0.2) is 41.3 Å². The maximum atomic E-state index is 12.8. The van der Waals surface area contributed by atoms with Crippen LogP contribution in [0.25, 0.3) is 0 Å². The molecule has 0 amide bonds. The van der Waals surface area contributed by atoms with E-state index in [9.17, 15) is 8.42 Å². The van der Waals surface area contributed by atoms with Crippen molar-refractivity contribution in [3.05, 3.63) is 58.7 Å². The molecule has 0 aliphatic rings. The van der Waals surface area contributed by atoms with Gasteiger partial charge in [0.15, 0.2) is 0 Å². The Hall–Kier alpha value is -1.81. The molecule has 0 heterocycles. The zero-order valence-corrected chi connectivity index (χ0v) is 15.5. The molecule has 0 aliphatic carbocycles. The van der Waals surface area contributed by atoms with Gasteiger partial charge in [0, 0.05) is 5.69 Å². The SMILES string of the molecule is Cc1cc(C)cc(NS(=O)(=O)c2cc(C(C)(C)C)ccc2C)c1. The van der Waals surface area contributed by atoms with Gasteiger partial charge in [-0.15, -0.1) is 0 Å². The van der Waals surface area contributed by atoms with Crippen molar-refractivity contribution in [2.75, 3.05) is 4.72 Å². The molecule has 0 radical (unpaired) electrons. The fourth-order valence-electron chi connectivity index (χ4n) is 2.60. The first-order valence-electron chi connectivity index (χ1n) is 7.71. The highest BCUT2D eigenvalue weighted by Gasteiger charge is 2.21.